The van der Waals surface area contributed by atoms with Gasteiger partial charge in [-0.3, -0.25) is 4.79 Å². The van der Waals surface area contributed by atoms with Gasteiger partial charge in [-0.2, -0.15) is 13.2 Å². The second-order valence-electron chi connectivity index (χ2n) is 4.23. The largest absolute Gasteiger partial charge is 0.506 e. The van der Waals surface area contributed by atoms with Crippen molar-refractivity contribution in [2.24, 2.45) is 0 Å². The number of anilines is 1. The topological polar surface area (TPSA) is 71.5 Å². The Kier molecular flexibility index (Phi) is 4.50. The Labute approximate surface area is 123 Å². The molecule has 0 unspecified atom stereocenters. The average molecular weight is 312 g/mol. The van der Waals surface area contributed by atoms with E-state index < -0.39 is 24.6 Å². The minimum atomic E-state index is -4.54. The fraction of sp³-hybridized carbons (Fsp3) is 0.143. The summed E-state index contributed by atoms with van der Waals surface area (Å²) in [5.74, 6) is -1.35. The number of nitrogens with zero attached hydrogens (tertiary/aromatic N) is 1. The van der Waals surface area contributed by atoms with E-state index in [2.05, 4.69) is 15.0 Å². The number of halogens is 3. The molecule has 0 aliphatic carbocycles. The van der Waals surface area contributed by atoms with E-state index in [1.54, 1.807) is 12.1 Å². The summed E-state index contributed by atoms with van der Waals surface area (Å²) in [6.45, 7) is -1.55. The number of alkyl halides is 3. The van der Waals surface area contributed by atoms with Crippen LogP contribution in [0.4, 0.5) is 18.9 Å². The number of amides is 1. The lowest BCUT2D eigenvalue weighted by Gasteiger charge is -2.12. The van der Waals surface area contributed by atoms with E-state index in [4.69, 9.17) is 0 Å². The summed E-state index contributed by atoms with van der Waals surface area (Å²) in [5.41, 5.74) is -0.0480. The highest BCUT2D eigenvalue weighted by molar-refractivity contribution is 6.06. The Balaban J connectivity index is 2.18. The minimum Gasteiger partial charge on any atom is -0.506 e. The van der Waals surface area contributed by atoms with E-state index in [1.807, 2.05) is 0 Å². The lowest BCUT2D eigenvalue weighted by Crippen LogP contribution is -2.22. The number of carbonyl (C=O) groups excluding carboxylic acids is 1. The lowest BCUT2D eigenvalue weighted by atomic mass is 10.2. The zero-order valence-electron chi connectivity index (χ0n) is 11.1. The van der Waals surface area contributed by atoms with Crippen molar-refractivity contribution in [2.45, 2.75) is 6.18 Å². The maximum Gasteiger partial charge on any atom is 0.422 e. The molecule has 0 aliphatic heterocycles. The second-order valence-corrected chi connectivity index (χ2v) is 4.23. The van der Waals surface area contributed by atoms with Crippen molar-refractivity contribution in [1.29, 1.82) is 0 Å². The van der Waals surface area contributed by atoms with Crippen LogP contribution < -0.4 is 10.1 Å². The van der Waals surface area contributed by atoms with Crippen molar-refractivity contribution >= 4 is 11.6 Å². The summed E-state index contributed by atoms with van der Waals surface area (Å²) in [4.78, 5) is 15.7. The van der Waals surface area contributed by atoms with Crippen molar-refractivity contribution in [3.05, 3.63) is 48.2 Å². The van der Waals surface area contributed by atoms with Crippen molar-refractivity contribution in [2.75, 3.05) is 11.9 Å². The van der Waals surface area contributed by atoms with Crippen LogP contribution >= 0.6 is 0 Å². The maximum atomic E-state index is 12.2. The van der Waals surface area contributed by atoms with E-state index in [0.29, 0.717) is 0 Å². The summed E-state index contributed by atoms with van der Waals surface area (Å²) in [5, 5.41) is 11.9. The van der Waals surface area contributed by atoms with Crippen LogP contribution in [0.5, 0.6) is 11.6 Å². The summed E-state index contributed by atoms with van der Waals surface area (Å²) >= 11 is 0. The number of rotatable bonds is 4. The van der Waals surface area contributed by atoms with Gasteiger partial charge in [0.2, 0.25) is 5.88 Å². The van der Waals surface area contributed by atoms with Gasteiger partial charge < -0.3 is 15.2 Å². The number of phenolic OH excluding ortho intramolecular Hbond substituents is 1. The van der Waals surface area contributed by atoms with E-state index in [0.717, 1.165) is 0 Å². The number of aromatic nitrogens is 1. The third-order valence-electron chi connectivity index (χ3n) is 2.54. The van der Waals surface area contributed by atoms with Crippen LogP contribution in [0.2, 0.25) is 0 Å². The number of aromatic hydroxyl groups is 1. The number of benzene rings is 1. The van der Waals surface area contributed by atoms with Crippen molar-refractivity contribution in [1.82, 2.24) is 4.98 Å². The van der Waals surface area contributed by atoms with E-state index in [1.165, 1.54) is 30.5 Å². The van der Waals surface area contributed by atoms with E-state index >= 15 is 0 Å². The molecule has 1 amide bonds. The molecule has 0 atom stereocenters. The van der Waals surface area contributed by atoms with E-state index in [9.17, 15) is 23.1 Å². The van der Waals surface area contributed by atoms with Gasteiger partial charge in [-0.05, 0) is 24.3 Å². The summed E-state index contributed by atoms with van der Waals surface area (Å²) in [6.07, 6.45) is -3.33. The van der Waals surface area contributed by atoms with Crippen LogP contribution in [0.1, 0.15) is 10.4 Å². The molecule has 1 aromatic heterocycles. The Morgan fingerprint density at radius 1 is 1.23 bits per heavy atom. The molecule has 0 saturated heterocycles. The zero-order valence-corrected chi connectivity index (χ0v) is 11.1. The van der Waals surface area contributed by atoms with Crippen LogP contribution in [0.15, 0.2) is 42.6 Å². The molecule has 2 aromatic rings. The smallest absolute Gasteiger partial charge is 0.422 e. The number of nitrogens with one attached hydrogen (secondary N) is 1. The quantitative estimate of drug-likeness (QED) is 0.851. The Bertz CT molecular complexity index is 674. The van der Waals surface area contributed by atoms with Gasteiger partial charge >= 0.3 is 6.18 Å². The number of ether oxygens (including phenoxy) is 1. The number of hydrogen-bond acceptors (Lipinski definition) is 4. The highest BCUT2D eigenvalue weighted by Gasteiger charge is 2.29. The molecule has 116 valence electrons. The Morgan fingerprint density at radius 3 is 2.64 bits per heavy atom. The van der Waals surface area contributed by atoms with Crippen LogP contribution in [0.25, 0.3) is 0 Å². The van der Waals surface area contributed by atoms with Crippen molar-refractivity contribution in [3.63, 3.8) is 0 Å². The molecule has 0 bridgehead atoms. The van der Waals surface area contributed by atoms with Crippen LogP contribution in [0.3, 0.4) is 0 Å². The molecule has 8 heteroatoms. The van der Waals surface area contributed by atoms with Gasteiger partial charge in [-0.1, -0.05) is 12.1 Å². The number of carbonyl (C=O) groups is 1. The minimum absolute atomic E-state index is 0.123. The fourth-order valence-electron chi connectivity index (χ4n) is 1.60. The predicted octanol–water partition coefficient (Wildman–Crippen LogP) is 2.98. The van der Waals surface area contributed by atoms with Gasteiger partial charge in [0.05, 0.1) is 5.69 Å². The highest BCUT2D eigenvalue weighted by atomic mass is 19.4. The standard InChI is InChI=1S/C14H11F3N2O3/c15-14(16,17)8-22-13-9(4-3-7-18-13)12(21)19-10-5-1-2-6-11(10)20/h1-7,20H,8H2,(H,19,21). The SMILES string of the molecule is O=C(Nc1ccccc1O)c1cccnc1OCC(F)(F)F. The summed E-state index contributed by atoms with van der Waals surface area (Å²) in [7, 11) is 0. The number of hydrogen-bond donors (Lipinski definition) is 2. The first-order chi connectivity index (χ1) is 10.4. The zero-order chi connectivity index (χ0) is 16.2. The lowest BCUT2D eigenvalue weighted by molar-refractivity contribution is -0.154. The molecule has 0 saturated carbocycles. The van der Waals surface area contributed by atoms with Crippen LogP contribution in [-0.2, 0) is 0 Å². The molecule has 0 aliphatic rings. The molecule has 5 nitrogen and oxygen atoms in total. The molecular weight excluding hydrogens is 301 g/mol. The van der Waals surface area contributed by atoms with Gasteiger partial charge in [0.15, 0.2) is 6.61 Å². The maximum absolute atomic E-state index is 12.2. The number of para-hydroxylation sites is 2. The normalized spacial score (nSPS) is 11.0. The van der Waals surface area contributed by atoms with Crippen LogP contribution in [-0.4, -0.2) is 28.8 Å². The first-order valence-corrected chi connectivity index (χ1v) is 6.11. The van der Waals surface area contributed by atoms with Gasteiger partial charge in [-0.15, -0.1) is 0 Å². The van der Waals surface area contributed by atoms with Gasteiger partial charge in [0.1, 0.15) is 11.3 Å². The molecule has 2 N–H and O–H groups in total. The summed E-state index contributed by atoms with van der Waals surface area (Å²) in [6, 6.07) is 8.61. The molecule has 22 heavy (non-hydrogen) atoms. The predicted molar refractivity (Wildman–Crippen MR) is 71.8 cm³/mol. The van der Waals surface area contributed by atoms with Crippen molar-refractivity contribution < 1.29 is 27.8 Å². The molecule has 0 radical (unpaired) electrons. The van der Waals surface area contributed by atoms with Gasteiger partial charge in [0.25, 0.3) is 5.91 Å². The first-order valence-electron chi connectivity index (χ1n) is 6.11. The first kappa shape index (κ1) is 15.6. The van der Waals surface area contributed by atoms with Gasteiger partial charge in [0, 0.05) is 6.20 Å². The van der Waals surface area contributed by atoms with Crippen LogP contribution in [0, 0.1) is 0 Å². The molecule has 0 fully saturated rings. The molecular formula is C14H11F3N2O3. The molecule has 1 aromatic carbocycles. The second kappa shape index (κ2) is 6.33. The number of phenols is 1. The van der Waals surface area contributed by atoms with Gasteiger partial charge in [-0.25, -0.2) is 4.98 Å². The third-order valence-corrected chi connectivity index (χ3v) is 2.54. The Morgan fingerprint density at radius 2 is 1.95 bits per heavy atom. The van der Waals surface area contributed by atoms with E-state index in [-0.39, 0.29) is 17.0 Å². The molecule has 2 rings (SSSR count). The highest BCUT2D eigenvalue weighted by Crippen LogP contribution is 2.24. The molecule has 0 spiro atoms. The third kappa shape index (κ3) is 4.11. The molecule has 1 heterocycles. The Hall–Kier alpha value is -2.77. The average Bonchev–Trinajstić information content (AvgIpc) is 2.47. The summed E-state index contributed by atoms with van der Waals surface area (Å²) < 4.78 is 41.1. The van der Waals surface area contributed by atoms with Crippen molar-refractivity contribution in [3.8, 4) is 11.6 Å². The number of pyridine rings is 1. The monoisotopic (exact) mass is 312 g/mol. The fourth-order valence-corrected chi connectivity index (χ4v) is 1.60.